The minimum atomic E-state index is -0.985. The molecule has 1 N–H and O–H groups in total. The Morgan fingerprint density at radius 1 is 0.970 bits per heavy atom. The van der Waals surface area contributed by atoms with Crippen molar-refractivity contribution in [3.8, 4) is 22.8 Å². The number of benzene rings is 2. The third kappa shape index (κ3) is 6.35. The van der Waals surface area contributed by atoms with Crippen LogP contribution in [0, 0.1) is 0 Å². The van der Waals surface area contributed by atoms with Crippen LogP contribution in [0.5, 0.6) is 11.5 Å². The Balaban J connectivity index is 2.08. The first-order chi connectivity index (χ1) is 16.1. The van der Waals surface area contributed by atoms with Gasteiger partial charge in [0.1, 0.15) is 29.1 Å². The van der Waals surface area contributed by atoms with Crippen molar-refractivity contribution in [1.82, 2.24) is 0 Å². The van der Waals surface area contributed by atoms with E-state index in [-0.39, 0.29) is 26.0 Å². The highest BCUT2D eigenvalue weighted by atomic mass is 16.7. The number of carbonyl (C=O) groups is 1. The third-order valence-corrected chi connectivity index (χ3v) is 4.90. The van der Waals surface area contributed by atoms with E-state index < -0.39 is 6.10 Å². The fourth-order valence-electron chi connectivity index (χ4n) is 3.33. The molecule has 1 atom stereocenters. The van der Waals surface area contributed by atoms with Crippen molar-refractivity contribution < 1.29 is 38.0 Å². The number of hydrogen-bond acceptors (Lipinski definition) is 8. The Bertz CT molecular complexity index is 1030. The van der Waals surface area contributed by atoms with Gasteiger partial charge in [-0.25, -0.2) is 0 Å². The van der Waals surface area contributed by atoms with Crippen LogP contribution in [-0.2, 0) is 25.4 Å². The summed E-state index contributed by atoms with van der Waals surface area (Å²) >= 11 is 0. The van der Waals surface area contributed by atoms with Crippen molar-refractivity contribution in [2.24, 2.45) is 0 Å². The summed E-state index contributed by atoms with van der Waals surface area (Å²) in [4.78, 5) is 11.5. The van der Waals surface area contributed by atoms with E-state index in [1.807, 2.05) is 30.3 Å². The molecule has 176 valence electrons. The Hall–Kier alpha value is -3.33. The highest BCUT2D eigenvalue weighted by Gasteiger charge is 2.24. The summed E-state index contributed by atoms with van der Waals surface area (Å²) in [5, 5.41) is 11.3. The quantitative estimate of drug-likeness (QED) is 0.321. The van der Waals surface area contributed by atoms with Crippen molar-refractivity contribution in [3.05, 3.63) is 71.5 Å². The van der Waals surface area contributed by atoms with Crippen molar-refractivity contribution in [2.75, 3.05) is 34.9 Å². The lowest BCUT2D eigenvalue weighted by Crippen LogP contribution is -2.08. The number of ether oxygens (including phenoxy) is 5. The standard InChI is InChI=1S/C25H28O8/c1-28-15-31-19-13-20(25(27)17-7-5-4-6-8-17)24(22(14-19)32-16-29-2)21-11-9-18(33-21)10-12-23(26)30-3/h4-9,11,13-14,25,27H,10,12,15-16H2,1-3H3. The zero-order valence-electron chi connectivity index (χ0n) is 18.9. The van der Waals surface area contributed by atoms with E-state index in [9.17, 15) is 9.90 Å². The van der Waals surface area contributed by atoms with Gasteiger partial charge < -0.3 is 33.2 Å². The van der Waals surface area contributed by atoms with Crippen LogP contribution >= 0.6 is 0 Å². The van der Waals surface area contributed by atoms with Crippen LogP contribution in [0.3, 0.4) is 0 Å². The Morgan fingerprint density at radius 2 is 1.70 bits per heavy atom. The number of furan rings is 1. The molecule has 3 rings (SSSR count). The fourth-order valence-corrected chi connectivity index (χ4v) is 3.33. The van der Waals surface area contributed by atoms with Gasteiger partial charge in [0.25, 0.3) is 0 Å². The second-order valence-corrected chi connectivity index (χ2v) is 7.14. The van der Waals surface area contributed by atoms with Crippen LogP contribution in [0.1, 0.15) is 29.4 Å². The third-order valence-electron chi connectivity index (χ3n) is 4.90. The van der Waals surface area contributed by atoms with Gasteiger partial charge in [0.05, 0.1) is 19.1 Å². The number of esters is 1. The Kier molecular flexibility index (Phi) is 8.88. The zero-order valence-corrected chi connectivity index (χ0v) is 18.9. The van der Waals surface area contributed by atoms with E-state index in [0.717, 1.165) is 0 Å². The van der Waals surface area contributed by atoms with Crippen molar-refractivity contribution in [2.45, 2.75) is 18.9 Å². The smallest absolute Gasteiger partial charge is 0.305 e. The summed E-state index contributed by atoms with van der Waals surface area (Å²) in [7, 11) is 4.39. The molecule has 33 heavy (non-hydrogen) atoms. The summed E-state index contributed by atoms with van der Waals surface area (Å²) in [5.41, 5.74) is 1.77. The topological polar surface area (TPSA) is 96.6 Å². The molecule has 0 aliphatic heterocycles. The van der Waals surface area contributed by atoms with Gasteiger partial charge in [-0.1, -0.05) is 30.3 Å². The molecular weight excluding hydrogens is 428 g/mol. The molecular formula is C25H28O8. The predicted molar refractivity (Wildman–Crippen MR) is 120 cm³/mol. The van der Waals surface area contributed by atoms with E-state index in [4.69, 9.17) is 28.1 Å². The minimum Gasteiger partial charge on any atom is -0.469 e. The summed E-state index contributed by atoms with van der Waals surface area (Å²) in [6.07, 6.45) is -0.410. The van der Waals surface area contributed by atoms with Crippen molar-refractivity contribution in [1.29, 1.82) is 0 Å². The number of aliphatic hydroxyl groups excluding tert-OH is 1. The maximum atomic E-state index is 11.5. The summed E-state index contributed by atoms with van der Waals surface area (Å²) in [6.45, 7) is 0.0138. The highest BCUT2D eigenvalue weighted by molar-refractivity contribution is 5.73. The molecule has 8 heteroatoms. The van der Waals surface area contributed by atoms with Crippen LogP contribution in [0.15, 0.2) is 59.0 Å². The van der Waals surface area contributed by atoms with E-state index in [2.05, 4.69) is 0 Å². The molecule has 0 fully saturated rings. The molecule has 1 heterocycles. The van der Waals surface area contributed by atoms with Crippen LogP contribution in [-0.4, -0.2) is 46.0 Å². The summed E-state index contributed by atoms with van der Waals surface area (Å²) < 4.78 is 32.3. The molecule has 0 spiro atoms. The maximum absolute atomic E-state index is 11.5. The normalized spacial score (nSPS) is 11.8. The van der Waals surface area contributed by atoms with Gasteiger partial charge in [-0.2, -0.15) is 0 Å². The van der Waals surface area contributed by atoms with Crippen LogP contribution < -0.4 is 9.47 Å². The monoisotopic (exact) mass is 456 g/mol. The molecule has 0 saturated heterocycles. The highest BCUT2D eigenvalue weighted by Crippen LogP contribution is 2.42. The number of rotatable bonds is 12. The lowest BCUT2D eigenvalue weighted by atomic mass is 9.94. The molecule has 0 saturated carbocycles. The minimum absolute atomic E-state index is 0.0164. The number of aliphatic hydroxyl groups is 1. The van der Waals surface area contributed by atoms with E-state index in [1.54, 1.807) is 24.3 Å². The van der Waals surface area contributed by atoms with Gasteiger partial charge in [0.15, 0.2) is 13.6 Å². The van der Waals surface area contributed by atoms with E-state index in [1.165, 1.54) is 21.3 Å². The fraction of sp³-hybridized carbons (Fsp3) is 0.320. The number of carbonyl (C=O) groups excluding carboxylic acids is 1. The average molecular weight is 456 g/mol. The SMILES string of the molecule is COCOc1cc(OCOC)c(-c2ccc(CCC(=O)OC)o2)c(C(O)c2ccccc2)c1. The zero-order chi connectivity index (χ0) is 23.6. The van der Waals surface area contributed by atoms with Gasteiger partial charge >= 0.3 is 5.97 Å². The van der Waals surface area contributed by atoms with Crippen molar-refractivity contribution in [3.63, 3.8) is 0 Å². The van der Waals surface area contributed by atoms with Gasteiger partial charge in [-0.05, 0) is 23.8 Å². The molecule has 1 unspecified atom stereocenters. The Labute approximate surface area is 192 Å². The molecule has 0 amide bonds. The van der Waals surface area contributed by atoms with Crippen LogP contribution in [0.25, 0.3) is 11.3 Å². The maximum Gasteiger partial charge on any atom is 0.305 e. The molecule has 1 aromatic heterocycles. The van der Waals surface area contributed by atoms with Crippen molar-refractivity contribution >= 4 is 5.97 Å². The average Bonchev–Trinajstić information content (AvgIpc) is 3.32. The van der Waals surface area contributed by atoms with Crippen LogP contribution in [0.4, 0.5) is 0 Å². The molecule has 0 aliphatic carbocycles. The Morgan fingerprint density at radius 3 is 2.39 bits per heavy atom. The molecule has 3 aromatic rings. The molecule has 0 bridgehead atoms. The van der Waals surface area contributed by atoms with Gasteiger partial charge in [0.2, 0.25) is 0 Å². The van der Waals surface area contributed by atoms with Crippen LogP contribution in [0.2, 0.25) is 0 Å². The van der Waals surface area contributed by atoms with Gasteiger partial charge in [-0.3, -0.25) is 4.79 Å². The first kappa shape index (κ1) is 24.3. The summed E-state index contributed by atoms with van der Waals surface area (Å²) in [5.74, 6) is 1.62. The van der Waals surface area contributed by atoms with E-state index >= 15 is 0 Å². The number of aryl methyl sites for hydroxylation is 1. The lowest BCUT2D eigenvalue weighted by molar-refractivity contribution is -0.140. The second kappa shape index (κ2) is 12.1. The number of methoxy groups -OCH3 is 3. The molecule has 0 aliphatic rings. The van der Waals surface area contributed by atoms with Gasteiger partial charge in [-0.15, -0.1) is 0 Å². The largest absolute Gasteiger partial charge is 0.469 e. The van der Waals surface area contributed by atoms with E-state index in [0.29, 0.717) is 46.1 Å². The first-order valence-corrected chi connectivity index (χ1v) is 10.4. The second-order valence-electron chi connectivity index (χ2n) is 7.14. The number of hydrogen-bond donors (Lipinski definition) is 1. The summed E-state index contributed by atoms with van der Waals surface area (Å²) in [6, 6.07) is 16.2. The lowest BCUT2D eigenvalue weighted by Gasteiger charge is -2.20. The molecule has 0 radical (unpaired) electrons. The molecule has 2 aromatic carbocycles. The first-order valence-electron chi connectivity index (χ1n) is 10.4. The van der Waals surface area contributed by atoms with Gasteiger partial charge in [0, 0.05) is 32.3 Å². The predicted octanol–water partition coefficient (Wildman–Crippen LogP) is 4.10. The molecule has 8 nitrogen and oxygen atoms in total.